The molecule has 2 heterocycles. The molecule has 0 aliphatic rings. The molecule has 5 nitrogen and oxygen atoms in total. The van der Waals surface area contributed by atoms with Crippen molar-refractivity contribution < 1.29 is 14.7 Å². The molecule has 0 aliphatic heterocycles. The fourth-order valence-corrected chi connectivity index (χ4v) is 2.96. The molecule has 2 aromatic rings. The molecule has 0 bridgehead atoms. The number of carbonyl (C=O) groups is 2. The summed E-state index contributed by atoms with van der Waals surface area (Å²) in [4.78, 5) is 27.2. The minimum absolute atomic E-state index is 0.133. The Morgan fingerprint density at radius 2 is 2.05 bits per heavy atom. The van der Waals surface area contributed by atoms with Crippen molar-refractivity contribution in [3.63, 3.8) is 0 Å². The van der Waals surface area contributed by atoms with Crippen LogP contribution in [0.3, 0.4) is 0 Å². The molecule has 0 spiro atoms. The van der Waals surface area contributed by atoms with Gasteiger partial charge in [-0.05, 0) is 30.9 Å². The molecule has 0 aromatic carbocycles. The van der Waals surface area contributed by atoms with Gasteiger partial charge in [-0.25, -0.2) is 9.78 Å². The van der Waals surface area contributed by atoms with E-state index < -0.39 is 5.97 Å². The van der Waals surface area contributed by atoms with E-state index in [1.165, 1.54) is 17.4 Å². The highest BCUT2D eigenvalue weighted by Crippen LogP contribution is 2.27. The number of carboxylic acids is 1. The van der Waals surface area contributed by atoms with Crippen LogP contribution in [0.2, 0.25) is 0 Å². The van der Waals surface area contributed by atoms with Gasteiger partial charge in [-0.1, -0.05) is 0 Å². The van der Waals surface area contributed by atoms with Gasteiger partial charge in [0.25, 0.3) is 0 Å². The molecule has 0 saturated heterocycles. The van der Waals surface area contributed by atoms with E-state index >= 15 is 0 Å². The number of rotatable bonds is 4. The van der Waals surface area contributed by atoms with Crippen molar-refractivity contribution in [3.05, 3.63) is 38.0 Å². The number of hydrogen-bond acceptors (Lipinski definition) is 5. The lowest BCUT2D eigenvalue weighted by Crippen LogP contribution is -2.11. The molecular weight excluding hydrogens is 296 g/mol. The van der Waals surface area contributed by atoms with Gasteiger partial charge in [0.1, 0.15) is 4.88 Å². The van der Waals surface area contributed by atoms with Crippen LogP contribution in [0.4, 0.5) is 5.69 Å². The zero-order valence-electron chi connectivity index (χ0n) is 10.8. The summed E-state index contributed by atoms with van der Waals surface area (Å²) >= 11 is 2.60. The first-order valence-electron chi connectivity index (χ1n) is 5.70. The summed E-state index contributed by atoms with van der Waals surface area (Å²) < 4.78 is 0. The highest BCUT2D eigenvalue weighted by atomic mass is 32.1. The monoisotopic (exact) mass is 308 g/mol. The first-order chi connectivity index (χ1) is 9.47. The summed E-state index contributed by atoms with van der Waals surface area (Å²) in [5, 5.41) is 16.1. The molecule has 1 amide bonds. The molecule has 20 heavy (non-hydrogen) atoms. The SMILES string of the molecule is Cc1nc(/C=C/C(=O)Nc2c(C)csc2C(=O)O)cs1. The molecule has 0 atom stereocenters. The molecule has 2 N–H and O–H groups in total. The van der Waals surface area contributed by atoms with Crippen LogP contribution in [0.15, 0.2) is 16.8 Å². The number of thiophene rings is 1. The third-order valence-electron chi connectivity index (χ3n) is 2.46. The summed E-state index contributed by atoms with van der Waals surface area (Å²) in [6, 6.07) is 0. The van der Waals surface area contributed by atoms with E-state index in [0.29, 0.717) is 11.4 Å². The summed E-state index contributed by atoms with van der Waals surface area (Å²) in [7, 11) is 0. The number of thiazole rings is 1. The van der Waals surface area contributed by atoms with Crippen LogP contribution >= 0.6 is 22.7 Å². The summed E-state index contributed by atoms with van der Waals surface area (Å²) in [6.07, 6.45) is 2.94. The number of aryl methyl sites for hydroxylation is 2. The Labute approximate surface area is 123 Å². The maximum absolute atomic E-state index is 11.8. The van der Waals surface area contributed by atoms with Crippen molar-refractivity contribution in [2.45, 2.75) is 13.8 Å². The van der Waals surface area contributed by atoms with Crippen LogP contribution in [-0.2, 0) is 4.79 Å². The predicted molar refractivity (Wildman–Crippen MR) is 80.5 cm³/mol. The Morgan fingerprint density at radius 1 is 1.30 bits per heavy atom. The van der Waals surface area contributed by atoms with Crippen molar-refractivity contribution in [3.8, 4) is 0 Å². The molecule has 0 saturated carbocycles. The number of aromatic nitrogens is 1. The lowest BCUT2D eigenvalue weighted by Gasteiger charge is -2.02. The number of hydrogen-bond donors (Lipinski definition) is 2. The number of nitrogens with one attached hydrogen (secondary N) is 1. The second kappa shape index (κ2) is 5.98. The second-order valence-electron chi connectivity index (χ2n) is 4.04. The van der Waals surface area contributed by atoms with Crippen LogP contribution < -0.4 is 5.32 Å². The highest BCUT2D eigenvalue weighted by Gasteiger charge is 2.16. The molecule has 0 fully saturated rings. The zero-order valence-corrected chi connectivity index (χ0v) is 12.5. The first-order valence-corrected chi connectivity index (χ1v) is 7.46. The van der Waals surface area contributed by atoms with Gasteiger partial charge >= 0.3 is 5.97 Å². The second-order valence-corrected chi connectivity index (χ2v) is 5.98. The Hall–Kier alpha value is -1.99. The average Bonchev–Trinajstić information content (AvgIpc) is 2.94. The third kappa shape index (κ3) is 3.31. The number of nitrogens with zero attached hydrogens (tertiary/aromatic N) is 1. The summed E-state index contributed by atoms with van der Waals surface area (Å²) in [5.74, 6) is -1.42. The van der Waals surface area contributed by atoms with Gasteiger partial charge in [-0.15, -0.1) is 22.7 Å². The van der Waals surface area contributed by atoms with Crippen LogP contribution in [0, 0.1) is 13.8 Å². The molecule has 0 unspecified atom stereocenters. The van der Waals surface area contributed by atoms with Crippen molar-refractivity contribution >= 4 is 46.3 Å². The minimum atomic E-state index is -1.04. The van der Waals surface area contributed by atoms with Crippen molar-refractivity contribution in [1.29, 1.82) is 0 Å². The predicted octanol–water partition coefficient (Wildman–Crippen LogP) is 3.17. The maximum Gasteiger partial charge on any atom is 0.348 e. The van der Waals surface area contributed by atoms with E-state index in [0.717, 1.165) is 21.9 Å². The van der Waals surface area contributed by atoms with E-state index in [1.54, 1.807) is 18.4 Å². The Balaban J connectivity index is 2.10. The van der Waals surface area contributed by atoms with Gasteiger partial charge in [-0.2, -0.15) is 0 Å². The molecule has 2 rings (SSSR count). The van der Waals surface area contributed by atoms with Crippen LogP contribution in [0.1, 0.15) is 25.9 Å². The fourth-order valence-electron chi connectivity index (χ4n) is 1.54. The number of anilines is 1. The topological polar surface area (TPSA) is 79.3 Å². The molecule has 0 radical (unpaired) electrons. The Kier molecular flexibility index (Phi) is 4.31. The van der Waals surface area contributed by atoms with Crippen molar-refractivity contribution in [2.24, 2.45) is 0 Å². The standard InChI is InChI=1S/C13H12N2O3S2/c1-7-5-20-12(13(17)18)11(7)15-10(16)4-3-9-6-19-8(2)14-9/h3-6H,1-2H3,(H,15,16)(H,17,18)/b4-3+. The number of amides is 1. The fraction of sp³-hybridized carbons (Fsp3) is 0.154. The highest BCUT2D eigenvalue weighted by molar-refractivity contribution is 7.12. The Bertz CT molecular complexity index is 686. The van der Waals surface area contributed by atoms with E-state index in [9.17, 15) is 9.59 Å². The average molecular weight is 308 g/mol. The minimum Gasteiger partial charge on any atom is -0.477 e. The number of aromatic carboxylic acids is 1. The molecule has 0 aliphatic carbocycles. The number of carbonyl (C=O) groups excluding carboxylic acids is 1. The first kappa shape index (κ1) is 14.4. The third-order valence-corrected chi connectivity index (χ3v) is 4.34. The molecule has 2 aromatic heterocycles. The quantitative estimate of drug-likeness (QED) is 0.850. The summed E-state index contributed by atoms with van der Waals surface area (Å²) in [6.45, 7) is 3.64. The van der Waals surface area contributed by atoms with Gasteiger partial charge in [0.05, 0.1) is 16.4 Å². The lowest BCUT2D eigenvalue weighted by atomic mass is 10.2. The van der Waals surface area contributed by atoms with E-state index in [1.807, 2.05) is 12.3 Å². The molecule has 7 heteroatoms. The van der Waals surface area contributed by atoms with Gasteiger partial charge in [0.15, 0.2) is 0 Å². The van der Waals surface area contributed by atoms with Gasteiger partial charge < -0.3 is 10.4 Å². The van der Waals surface area contributed by atoms with Crippen LogP contribution in [0.25, 0.3) is 6.08 Å². The van der Waals surface area contributed by atoms with Gasteiger partial charge in [-0.3, -0.25) is 4.79 Å². The van der Waals surface area contributed by atoms with E-state index in [-0.39, 0.29) is 10.8 Å². The van der Waals surface area contributed by atoms with Gasteiger partial charge in [0.2, 0.25) is 5.91 Å². The maximum atomic E-state index is 11.8. The van der Waals surface area contributed by atoms with Crippen LogP contribution in [-0.4, -0.2) is 22.0 Å². The Morgan fingerprint density at radius 3 is 2.65 bits per heavy atom. The van der Waals surface area contributed by atoms with Crippen molar-refractivity contribution in [2.75, 3.05) is 5.32 Å². The zero-order chi connectivity index (χ0) is 14.7. The number of carboxylic acid groups (broad SMARTS) is 1. The van der Waals surface area contributed by atoms with Crippen molar-refractivity contribution in [1.82, 2.24) is 4.98 Å². The summed E-state index contributed by atoms with van der Waals surface area (Å²) in [5.41, 5.74) is 1.80. The largest absolute Gasteiger partial charge is 0.477 e. The van der Waals surface area contributed by atoms with E-state index in [4.69, 9.17) is 5.11 Å². The van der Waals surface area contributed by atoms with Crippen LogP contribution in [0.5, 0.6) is 0 Å². The smallest absolute Gasteiger partial charge is 0.348 e. The lowest BCUT2D eigenvalue weighted by molar-refractivity contribution is -0.111. The normalized spacial score (nSPS) is 10.9. The molecular formula is C13H12N2O3S2. The van der Waals surface area contributed by atoms with E-state index in [2.05, 4.69) is 10.3 Å². The van der Waals surface area contributed by atoms with Gasteiger partial charge in [0, 0.05) is 11.5 Å². The molecule has 104 valence electrons.